The van der Waals surface area contributed by atoms with E-state index < -0.39 is 0 Å². The van der Waals surface area contributed by atoms with E-state index in [1.807, 2.05) is 54.6 Å². The van der Waals surface area contributed by atoms with Crippen LogP contribution >= 0.6 is 47.2 Å². The van der Waals surface area contributed by atoms with Crippen LogP contribution in [0.3, 0.4) is 0 Å². The van der Waals surface area contributed by atoms with Gasteiger partial charge in [0.25, 0.3) is 5.91 Å². The summed E-state index contributed by atoms with van der Waals surface area (Å²) >= 11 is 19.4. The normalized spacial score (nSPS) is 14.5. The molecule has 1 heterocycles. The van der Waals surface area contributed by atoms with Gasteiger partial charge >= 0.3 is 0 Å². The van der Waals surface area contributed by atoms with Crippen molar-refractivity contribution in [3.63, 3.8) is 0 Å². The molecule has 0 unspecified atom stereocenters. The predicted molar refractivity (Wildman–Crippen MR) is 146 cm³/mol. The molecule has 0 spiro atoms. The highest BCUT2D eigenvalue weighted by molar-refractivity contribution is 8.26. The molecule has 0 radical (unpaired) electrons. The molecule has 5 nitrogen and oxygen atoms in total. The maximum Gasteiger partial charge on any atom is 0.266 e. The number of halogens is 2. The highest BCUT2D eigenvalue weighted by atomic mass is 35.5. The van der Waals surface area contributed by atoms with Gasteiger partial charge in [-0.05, 0) is 48.0 Å². The van der Waals surface area contributed by atoms with Crippen molar-refractivity contribution in [3.05, 3.63) is 92.8 Å². The average molecular weight is 546 g/mol. The first-order valence-electron chi connectivity index (χ1n) is 10.6. The Morgan fingerprint density at radius 2 is 1.66 bits per heavy atom. The molecule has 0 atom stereocenters. The van der Waals surface area contributed by atoms with E-state index in [2.05, 4.69) is 0 Å². The molecular weight excluding hydrogens is 525 g/mol. The van der Waals surface area contributed by atoms with E-state index in [0.29, 0.717) is 49.5 Å². The minimum Gasteiger partial charge on any atom is -0.497 e. The minimum absolute atomic E-state index is 0.172. The topological polar surface area (TPSA) is 48.0 Å². The summed E-state index contributed by atoms with van der Waals surface area (Å²) in [4.78, 5) is 15.1. The molecule has 0 aromatic heterocycles. The van der Waals surface area contributed by atoms with Crippen LogP contribution in [0, 0.1) is 0 Å². The Kier molecular flexibility index (Phi) is 8.57. The van der Waals surface area contributed by atoms with Crippen molar-refractivity contribution in [2.75, 3.05) is 20.3 Å². The summed E-state index contributed by atoms with van der Waals surface area (Å²) in [6, 6.07) is 20.3. The van der Waals surface area contributed by atoms with Gasteiger partial charge in [0.2, 0.25) is 0 Å². The molecule has 4 rings (SSSR count). The largest absolute Gasteiger partial charge is 0.497 e. The van der Waals surface area contributed by atoms with Crippen LogP contribution in [-0.2, 0) is 11.3 Å². The molecule has 3 aromatic carbocycles. The Morgan fingerprint density at radius 3 is 2.37 bits per heavy atom. The Labute approximate surface area is 223 Å². The number of carbonyl (C=O) groups excluding carboxylic acids is 1. The maximum atomic E-state index is 13.1. The molecule has 0 bridgehead atoms. The Bertz CT molecular complexity index is 1250. The Balaban J connectivity index is 1.46. The zero-order valence-corrected chi connectivity index (χ0v) is 21.8. The number of hydrogen-bond acceptors (Lipinski definition) is 6. The third-order valence-corrected chi connectivity index (χ3v) is 6.92. The summed E-state index contributed by atoms with van der Waals surface area (Å²) in [6.45, 7) is 0.943. The van der Waals surface area contributed by atoms with Gasteiger partial charge in [0.1, 0.15) is 34.8 Å². The maximum absolute atomic E-state index is 13.1. The number of thioether (sulfide) groups is 1. The van der Waals surface area contributed by atoms with Crippen LogP contribution in [0.25, 0.3) is 6.08 Å². The Morgan fingerprint density at radius 1 is 0.971 bits per heavy atom. The molecule has 9 heteroatoms. The van der Waals surface area contributed by atoms with E-state index in [4.69, 9.17) is 49.6 Å². The number of ether oxygens (including phenoxy) is 3. The molecule has 1 fully saturated rings. The van der Waals surface area contributed by atoms with Gasteiger partial charge in [0.05, 0.1) is 23.6 Å². The minimum atomic E-state index is -0.172. The van der Waals surface area contributed by atoms with Crippen LogP contribution in [0.5, 0.6) is 17.2 Å². The highest BCUT2D eigenvalue weighted by Crippen LogP contribution is 2.38. The number of nitrogens with zero attached hydrogens (tertiary/aromatic N) is 1. The quantitative estimate of drug-likeness (QED) is 0.166. The van der Waals surface area contributed by atoms with Crippen LogP contribution in [0.4, 0.5) is 0 Å². The second kappa shape index (κ2) is 11.8. The first kappa shape index (κ1) is 25.4. The van der Waals surface area contributed by atoms with Gasteiger partial charge in [-0.25, -0.2) is 0 Å². The van der Waals surface area contributed by atoms with Crippen LogP contribution < -0.4 is 14.2 Å². The van der Waals surface area contributed by atoms with E-state index in [9.17, 15) is 4.79 Å². The van der Waals surface area contributed by atoms with Gasteiger partial charge in [0, 0.05) is 10.6 Å². The van der Waals surface area contributed by atoms with Gasteiger partial charge in [-0.2, -0.15) is 0 Å². The summed E-state index contributed by atoms with van der Waals surface area (Å²) < 4.78 is 17.3. The van der Waals surface area contributed by atoms with Crippen molar-refractivity contribution < 1.29 is 19.0 Å². The summed E-state index contributed by atoms with van der Waals surface area (Å²) in [7, 11) is 1.61. The molecule has 1 aliphatic heterocycles. The van der Waals surface area contributed by atoms with Crippen molar-refractivity contribution in [1.82, 2.24) is 4.90 Å². The second-order valence-corrected chi connectivity index (χ2v) is 9.95. The van der Waals surface area contributed by atoms with Gasteiger partial charge in [-0.1, -0.05) is 77.5 Å². The summed E-state index contributed by atoms with van der Waals surface area (Å²) in [5.74, 6) is 1.69. The van der Waals surface area contributed by atoms with E-state index in [-0.39, 0.29) is 12.5 Å². The number of methoxy groups -OCH3 is 1. The number of thiocarbonyl (C=S) groups is 1. The lowest BCUT2D eigenvalue weighted by atomic mass is 10.1. The smallest absolute Gasteiger partial charge is 0.266 e. The lowest BCUT2D eigenvalue weighted by Gasteiger charge is -2.14. The highest BCUT2D eigenvalue weighted by Gasteiger charge is 2.32. The van der Waals surface area contributed by atoms with E-state index >= 15 is 0 Å². The molecule has 1 aliphatic rings. The summed E-state index contributed by atoms with van der Waals surface area (Å²) in [6.07, 6.45) is 1.71. The van der Waals surface area contributed by atoms with E-state index in [1.54, 1.807) is 30.2 Å². The number of amides is 1. The predicted octanol–water partition coefficient (Wildman–Crippen LogP) is 6.86. The zero-order chi connectivity index (χ0) is 24.8. The number of rotatable bonds is 9. The first-order valence-corrected chi connectivity index (χ1v) is 12.6. The van der Waals surface area contributed by atoms with Crippen molar-refractivity contribution in [3.8, 4) is 17.2 Å². The second-order valence-electron chi connectivity index (χ2n) is 7.43. The van der Waals surface area contributed by atoms with Crippen LogP contribution in [0.2, 0.25) is 10.0 Å². The molecular formula is C26H21Cl2NO4S2. The van der Waals surface area contributed by atoms with Gasteiger partial charge < -0.3 is 14.2 Å². The first-order chi connectivity index (χ1) is 16.9. The van der Waals surface area contributed by atoms with Gasteiger partial charge in [-0.3, -0.25) is 9.69 Å². The third-order valence-electron chi connectivity index (χ3n) is 5.04. The molecule has 0 saturated carbocycles. The average Bonchev–Trinajstić information content (AvgIpc) is 3.11. The lowest BCUT2D eigenvalue weighted by Crippen LogP contribution is -2.27. The SMILES string of the molecule is COc1ccc(OCCOc2c(Cl)cc(Cl)cc2/C=C2\SC(=S)N(Cc3ccccc3)C2=O)cc1. The van der Waals surface area contributed by atoms with Crippen molar-refractivity contribution in [1.29, 1.82) is 0 Å². The number of hydrogen-bond donors (Lipinski definition) is 0. The standard InChI is InChI=1S/C26H21Cl2NO4S2/c1-31-20-7-9-21(10-8-20)32-11-12-33-24-18(13-19(27)15-22(24)28)14-23-25(30)29(26(34)35-23)16-17-5-3-2-4-6-17/h2-10,13-15H,11-12,16H2,1H3/b23-14-. The summed E-state index contributed by atoms with van der Waals surface area (Å²) in [5.41, 5.74) is 1.59. The van der Waals surface area contributed by atoms with E-state index in [0.717, 1.165) is 11.3 Å². The number of benzene rings is 3. The fourth-order valence-corrected chi connectivity index (χ4v) is 5.17. The molecule has 35 heavy (non-hydrogen) atoms. The molecule has 0 N–H and O–H groups in total. The molecule has 180 valence electrons. The van der Waals surface area contributed by atoms with Crippen molar-refractivity contribution in [2.24, 2.45) is 0 Å². The Hall–Kier alpha value is -2.71. The van der Waals surface area contributed by atoms with Crippen molar-refractivity contribution >= 4 is 63.5 Å². The fourth-order valence-electron chi connectivity index (χ4n) is 3.36. The molecule has 1 amide bonds. The van der Waals surface area contributed by atoms with Gasteiger partial charge in [0.15, 0.2) is 0 Å². The number of carbonyl (C=O) groups is 1. The van der Waals surface area contributed by atoms with Crippen LogP contribution in [0.15, 0.2) is 71.6 Å². The summed E-state index contributed by atoms with van der Waals surface area (Å²) in [5, 5.41) is 0.774. The van der Waals surface area contributed by atoms with Crippen LogP contribution in [-0.4, -0.2) is 35.5 Å². The molecule has 1 saturated heterocycles. The van der Waals surface area contributed by atoms with Crippen molar-refractivity contribution in [2.45, 2.75) is 6.54 Å². The van der Waals surface area contributed by atoms with Crippen LogP contribution in [0.1, 0.15) is 11.1 Å². The van der Waals surface area contributed by atoms with Gasteiger partial charge in [-0.15, -0.1) is 0 Å². The van der Waals surface area contributed by atoms with E-state index in [1.165, 1.54) is 11.8 Å². The zero-order valence-electron chi connectivity index (χ0n) is 18.7. The molecule has 3 aromatic rings. The monoisotopic (exact) mass is 545 g/mol. The molecule has 0 aliphatic carbocycles. The lowest BCUT2D eigenvalue weighted by molar-refractivity contribution is -0.122. The fraction of sp³-hybridized carbons (Fsp3) is 0.154. The third kappa shape index (κ3) is 6.49.